The molecule has 1 unspecified atom stereocenters. The van der Waals surface area contributed by atoms with Gasteiger partial charge in [0.25, 0.3) is 0 Å². The third-order valence-corrected chi connectivity index (χ3v) is 2.83. The minimum Gasteiger partial charge on any atom is -0.387 e. The topological polar surface area (TPSA) is 113 Å². The van der Waals surface area contributed by atoms with Crippen LogP contribution in [-0.2, 0) is 9.53 Å². The summed E-state index contributed by atoms with van der Waals surface area (Å²) in [7, 11) is 1.19. The smallest absolute Gasteiger partial charge is 0.249 e. The second kappa shape index (κ2) is 8.20. The first kappa shape index (κ1) is 17.1. The Bertz CT molecular complexity index is 282. The number of allylic oxidation sites excluding steroid dienone is 1. The van der Waals surface area contributed by atoms with Crippen LogP contribution < -0.4 is 5.73 Å². The van der Waals surface area contributed by atoms with Gasteiger partial charge in [0.05, 0.1) is 0 Å². The van der Waals surface area contributed by atoms with E-state index in [4.69, 9.17) is 5.73 Å². The third kappa shape index (κ3) is 5.14. The van der Waals surface area contributed by atoms with E-state index in [1.54, 1.807) is 6.08 Å². The van der Waals surface area contributed by atoms with Gasteiger partial charge in [-0.05, 0) is 5.92 Å². The fraction of sp³-hybridized carbons (Fsp3) is 0.750. The molecular formula is C12H23NO5. The molecule has 0 rings (SSSR count). The standard InChI is InChI=1S/C12H23NO5/c1-4-7(2)5-6-8(14)9(15)10(16)11(18-3)12(13)17/h5-11,14-16H,4H2,1-3H3,(H2,13,17)/b6-5+/t7?,8-,9+,10-,11-/m1/s1. The van der Waals surface area contributed by atoms with Crippen LogP contribution in [0.1, 0.15) is 20.3 Å². The van der Waals surface area contributed by atoms with Crippen LogP contribution in [-0.4, -0.2) is 52.8 Å². The zero-order valence-electron chi connectivity index (χ0n) is 11.0. The Kier molecular flexibility index (Phi) is 7.77. The minimum absolute atomic E-state index is 0.248. The van der Waals surface area contributed by atoms with Gasteiger partial charge >= 0.3 is 0 Å². The summed E-state index contributed by atoms with van der Waals surface area (Å²) >= 11 is 0. The second-order valence-corrected chi connectivity index (χ2v) is 4.30. The molecule has 5 N–H and O–H groups in total. The number of nitrogens with two attached hydrogens (primary N) is 1. The van der Waals surface area contributed by atoms with Gasteiger partial charge in [0, 0.05) is 7.11 Å². The number of aliphatic hydroxyl groups is 3. The van der Waals surface area contributed by atoms with E-state index in [1.807, 2.05) is 13.8 Å². The fourth-order valence-electron chi connectivity index (χ4n) is 1.36. The number of aliphatic hydroxyl groups excluding tert-OH is 3. The number of ether oxygens (including phenoxy) is 1. The highest BCUT2D eigenvalue weighted by molar-refractivity contribution is 5.79. The van der Waals surface area contributed by atoms with Crippen molar-refractivity contribution in [2.45, 2.75) is 44.7 Å². The first-order valence-electron chi connectivity index (χ1n) is 5.89. The predicted octanol–water partition coefficient (Wildman–Crippen LogP) is -0.828. The van der Waals surface area contributed by atoms with Gasteiger partial charge in [-0.1, -0.05) is 32.4 Å². The highest BCUT2D eigenvalue weighted by atomic mass is 16.5. The van der Waals surface area contributed by atoms with E-state index in [2.05, 4.69) is 4.74 Å². The molecule has 5 atom stereocenters. The number of carbonyl (C=O) groups excluding carboxylic acids is 1. The molecule has 6 heteroatoms. The van der Waals surface area contributed by atoms with Crippen molar-refractivity contribution in [1.82, 2.24) is 0 Å². The van der Waals surface area contributed by atoms with E-state index in [1.165, 1.54) is 13.2 Å². The molecule has 0 aliphatic heterocycles. The zero-order valence-corrected chi connectivity index (χ0v) is 11.0. The van der Waals surface area contributed by atoms with E-state index in [0.29, 0.717) is 0 Å². The molecule has 18 heavy (non-hydrogen) atoms. The van der Waals surface area contributed by atoms with Gasteiger partial charge in [-0.3, -0.25) is 4.79 Å². The van der Waals surface area contributed by atoms with E-state index in [-0.39, 0.29) is 5.92 Å². The lowest BCUT2D eigenvalue weighted by atomic mass is 10.0. The molecule has 6 nitrogen and oxygen atoms in total. The van der Waals surface area contributed by atoms with Crippen LogP contribution in [0.2, 0.25) is 0 Å². The molecule has 0 aromatic heterocycles. The molecule has 0 aliphatic rings. The molecule has 0 saturated heterocycles. The minimum atomic E-state index is -1.58. The number of primary amides is 1. The van der Waals surface area contributed by atoms with E-state index in [0.717, 1.165) is 6.42 Å². The van der Waals surface area contributed by atoms with E-state index in [9.17, 15) is 20.1 Å². The number of hydrogen-bond acceptors (Lipinski definition) is 5. The van der Waals surface area contributed by atoms with Crippen LogP contribution in [0.15, 0.2) is 12.2 Å². The summed E-state index contributed by atoms with van der Waals surface area (Å²) in [5.74, 6) is -0.652. The summed E-state index contributed by atoms with van der Waals surface area (Å²) in [4.78, 5) is 10.9. The molecule has 0 heterocycles. The molecule has 0 aromatic rings. The van der Waals surface area contributed by atoms with Gasteiger partial charge in [0.2, 0.25) is 5.91 Å². The summed E-state index contributed by atoms with van der Waals surface area (Å²) in [6, 6.07) is 0. The normalized spacial score (nSPS) is 20.3. The lowest BCUT2D eigenvalue weighted by molar-refractivity contribution is -0.145. The zero-order chi connectivity index (χ0) is 14.3. The van der Waals surface area contributed by atoms with Crippen molar-refractivity contribution >= 4 is 5.91 Å². The molecule has 0 spiro atoms. The van der Waals surface area contributed by atoms with E-state index < -0.39 is 30.3 Å². The lowest BCUT2D eigenvalue weighted by Gasteiger charge is -2.25. The monoisotopic (exact) mass is 261 g/mol. The Morgan fingerprint density at radius 1 is 1.28 bits per heavy atom. The largest absolute Gasteiger partial charge is 0.387 e. The van der Waals surface area contributed by atoms with Gasteiger partial charge in [0.1, 0.15) is 18.3 Å². The van der Waals surface area contributed by atoms with Gasteiger partial charge in [0.15, 0.2) is 6.10 Å². The Morgan fingerprint density at radius 2 is 1.83 bits per heavy atom. The Labute approximate surface area is 107 Å². The maximum absolute atomic E-state index is 10.9. The summed E-state index contributed by atoms with van der Waals surface area (Å²) in [5, 5.41) is 29.0. The van der Waals surface area contributed by atoms with Crippen molar-refractivity contribution < 1.29 is 24.9 Å². The highest BCUT2D eigenvalue weighted by Crippen LogP contribution is 2.10. The average Bonchev–Trinajstić information content (AvgIpc) is 2.34. The number of hydrogen-bond donors (Lipinski definition) is 4. The SMILES string of the molecule is CCC(C)/C=C/[C@@H](O)[C@H](O)[C@@H](O)[C@@H](OC)C(N)=O. The lowest BCUT2D eigenvalue weighted by Crippen LogP contribution is -2.50. The van der Waals surface area contributed by atoms with Gasteiger partial charge < -0.3 is 25.8 Å². The highest BCUT2D eigenvalue weighted by Gasteiger charge is 2.33. The van der Waals surface area contributed by atoms with Crippen LogP contribution in [0.5, 0.6) is 0 Å². The third-order valence-electron chi connectivity index (χ3n) is 2.83. The molecule has 0 fully saturated rings. The van der Waals surface area contributed by atoms with Crippen molar-refractivity contribution in [1.29, 1.82) is 0 Å². The van der Waals surface area contributed by atoms with Gasteiger partial charge in [-0.15, -0.1) is 0 Å². The van der Waals surface area contributed by atoms with Crippen molar-refractivity contribution in [3.05, 3.63) is 12.2 Å². The fourth-order valence-corrected chi connectivity index (χ4v) is 1.36. The summed E-state index contributed by atoms with van der Waals surface area (Å²) < 4.78 is 4.67. The van der Waals surface area contributed by atoms with Crippen LogP contribution in [0.4, 0.5) is 0 Å². The molecule has 106 valence electrons. The quantitative estimate of drug-likeness (QED) is 0.426. The molecule has 0 saturated carbocycles. The summed E-state index contributed by atoms with van der Waals surface area (Å²) in [5.41, 5.74) is 5.00. The van der Waals surface area contributed by atoms with Crippen molar-refractivity contribution in [3.63, 3.8) is 0 Å². The van der Waals surface area contributed by atoms with Crippen LogP contribution in [0, 0.1) is 5.92 Å². The molecule has 1 amide bonds. The van der Waals surface area contributed by atoms with Gasteiger partial charge in [-0.2, -0.15) is 0 Å². The predicted molar refractivity (Wildman–Crippen MR) is 66.6 cm³/mol. The Morgan fingerprint density at radius 3 is 2.22 bits per heavy atom. The van der Waals surface area contributed by atoms with Crippen LogP contribution in [0.3, 0.4) is 0 Å². The Hall–Kier alpha value is -0.950. The van der Waals surface area contributed by atoms with E-state index >= 15 is 0 Å². The number of methoxy groups -OCH3 is 1. The van der Waals surface area contributed by atoms with Crippen molar-refractivity contribution in [2.75, 3.05) is 7.11 Å². The van der Waals surface area contributed by atoms with Crippen molar-refractivity contribution in [3.8, 4) is 0 Å². The first-order valence-corrected chi connectivity index (χ1v) is 5.89. The maximum Gasteiger partial charge on any atom is 0.249 e. The van der Waals surface area contributed by atoms with Crippen molar-refractivity contribution in [2.24, 2.45) is 11.7 Å². The number of rotatable bonds is 8. The molecule has 0 aromatic carbocycles. The summed E-state index contributed by atoms with van der Waals surface area (Å²) in [6.45, 7) is 3.94. The second-order valence-electron chi connectivity index (χ2n) is 4.30. The van der Waals surface area contributed by atoms with Crippen LogP contribution in [0.25, 0.3) is 0 Å². The number of amides is 1. The summed E-state index contributed by atoms with van der Waals surface area (Å²) in [6.07, 6.45) is -1.75. The molecule has 0 aliphatic carbocycles. The molecule has 0 bridgehead atoms. The molecule has 0 radical (unpaired) electrons. The van der Waals surface area contributed by atoms with Gasteiger partial charge in [-0.25, -0.2) is 0 Å². The molecular weight excluding hydrogens is 238 g/mol. The van der Waals surface area contributed by atoms with Crippen LogP contribution >= 0.6 is 0 Å². The average molecular weight is 261 g/mol. The Balaban J connectivity index is 4.57. The number of carbonyl (C=O) groups is 1. The first-order chi connectivity index (χ1) is 8.34. The maximum atomic E-state index is 10.9.